The smallest absolute Gasteiger partial charge is 0.242 e. The summed E-state index contributed by atoms with van der Waals surface area (Å²) in [6.45, 7) is 12.1. The lowest BCUT2D eigenvalue weighted by atomic mass is 9.97. The van der Waals surface area contributed by atoms with Crippen LogP contribution in [0.4, 0.5) is 0 Å². The van der Waals surface area contributed by atoms with Gasteiger partial charge in [-0.25, -0.2) is 4.99 Å². The Morgan fingerprint density at radius 3 is 2.41 bits per heavy atom. The maximum Gasteiger partial charge on any atom is 0.242 e. The Hall–Kier alpha value is -1.30. The van der Waals surface area contributed by atoms with Crippen LogP contribution in [0.2, 0.25) is 0 Å². The molecule has 0 bridgehead atoms. The highest BCUT2D eigenvalue weighted by Crippen LogP contribution is 2.14. The van der Waals surface area contributed by atoms with Crippen molar-refractivity contribution in [3.63, 3.8) is 0 Å². The molecule has 1 saturated heterocycles. The van der Waals surface area contributed by atoms with E-state index in [-0.39, 0.29) is 18.0 Å². The summed E-state index contributed by atoms with van der Waals surface area (Å²) in [6, 6.07) is 0. The molecule has 1 aliphatic heterocycles. The second-order valence-corrected chi connectivity index (χ2v) is 7.12. The summed E-state index contributed by atoms with van der Waals surface area (Å²) in [5.41, 5.74) is -0.216. The summed E-state index contributed by atoms with van der Waals surface area (Å²) in [6.07, 6.45) is 2.43. The Labute approximate surface area is 135 Å². The summed E-state index contributed by atoms with van der Waals surface area (Å²) in [7, 11) is 2.17. The molecule has 0 saturated carbocycles. The fraction of sp³-hybridized carbons (Fsp3) is 0.875. The zero-order valence-corrected chi connectivity index (χ0v) is 14.8. The van der Waals surface area contributed by atoms with Crippen LogP contribution in [0.5, 0.6) is 0 Å². The van der Waals surface area contributed by atoms with Crippen LogP contribution in [0.15, 0.2) is 4.99 Å². The van der Waals surface area contributed by atoms with E-state index in [4.69, 9.17) is 0 Å². The number of rotatable bonds is 5. The van der Waals surface area contributed by atoms with Crippen LogP contribution in [0.1, 0.15) is 40.5 Å². The summed E-state index contributed by atoms with van der Waals surface area (Å²) >= 11 is 0. The SMILES string of the molecule is CCNC(=NCC(=O)NC(C)(C)C)NCC1CCN(C)CC1. The molecule has 0 unspecified atom stereocenters. The molecule has 1 fully saturated rings. The van der Waals surface area contributed by atoms with E-state index in [0.29, 0.717) is 5.92 Å². The summed E-state index contributed by atoms with van der Waals surface area (Å²) in [5.74, 6) is 1.36. The third kappa shape index (κ3) is 8.22. The van der Waals surface area contributed by atoms with E-state index in [9.17, 15) is 4.79 Å². The minimum atomic E-state index is -0.216. The first-order chi connectivity index (χ1) is 10.3. The highest BCUT2D eigenvalue weighted by molar-refractivity contribution is 5.85. The molecule has 0 radical (unpaired) electrons. The lowest BCUT2D eigenvalue weighted by molar-refractivity contribution is -0.121. The first-order valence-corrected chi connectivity index (χ1v) is 8.32. The first-order valence-electron chi connectivity index (χ1n) is 8.32. The first kappa shape index (κ1) is 18.7. The van der Waals surface area contributed by atoms with Gasteiger partial charge in [-0.15, -0.1) is 0 Å². The van der Waals surface area contributed by atoms with Crippen LogP contribution in [0.3, 0.4) is 0 Å². The Morgan fingerprint density at radius 2 is 1.86 bits per heavy atom. The zero-order chi connectivity index (χ0) is 16.6. The maximum atomic E-state index is 11.8. The van der Waals surface area contributed by atoms with Crippen LogP contribution in [-0.2, 0) is 4.79 Å². The van der Waals surface area contributed by atoms with Gasteiger partial charge in [0.2, 0.25) is 5.91 Å². The quantitative estimate of drug-likeness (QED) is 0.519. The number of carbonyl (C=O) groups is 1. The molecule has 1 rings (SSSR count). The number of amides is 1. The van der Waals surface area contributed by atoms with Crippen molar-refractivity contribution in [2.45, 2.75) is 46.1 Å². The molecule has 6 nitrogen and oxygen atoms in total. The van der Waals surface area contributed by atoms with E-state index in [2.05, 4.69) is 32.9 Å². The zero-order valence-electron chi connectivity index (χ0n) is 14.8. The highest BCUT2D eigenvalue weighted by atomic mass is 16.2. The van der Waals surface area contributed by atoms with Gasteiger partial charge < -0.3 is 20.9 Å². The van der Waals surface area contributed by atoms with Gasteiger partial charge >= 0.3 is 0 Å². The molecule has 3 N–H and O–H groups in total. The molecule has 6 heteroatoms. The Bertz CT molecular complexity index is 367. The topological polar surface area (TPSA) is 68.8 Å². The molecular weight excluding hydrogens is 278 g/mol. The molecule has 0 spiro atoms. The van der Waals surface area contributed by atoms with Crippen molar-refractivity contribution in [3.8, 4) is 0 Å². The predicted octanol–water partition coefficient (Wildman–Crippen LogP) is 0.798. The van der Waals surface area contributed by atoms with E-state index in [1.54, 1.807) is 0 Å². The monoisotopic (exact) mass is 311 g/mol. The number of carbonyl (C=O) groups excluding carboxylic acids is 1. The second kappa shape index (κ2) is 8.98. The number of piperidine rings is 1. The van der Waals surface area contributed by atoms with Crippen molar-refractivity contribution in [2.75, 3.05) is 39.8 Å². The van der Waals surface area contributed by atoms with Crippen LogP contribution >= 0.6 is 0 Å². The summed E-state index contributed by atoms with van der Waals surface area (Å²) in [4.78, 5) is 18.6. The van der Waals surface area contributed by atoms with Crippen molar-refractivity contribution in [1.29, 1.82) is 0 Å². The number of hydrogen-bond acceptors (Lipinski definition) is 3. The van der Waals surface area contributed by atoms with Crippen LogP contribution < -0.4 is 16.0 Å². The van der Waals surface area contributed by atoms with Crippen molar-refractivity contribution < 1.29 is 4.79 Å². The molecule has 128 valence electrons. The standard InChI is InChI=1S/C16H33N5O/c1-6-17-15(19-12-14(22)20-16(2,3)4)18-11-13-7-9-21(5)10-8-13/h13H,6-12H2,1-5H3,(H,20,22)(H2,17,18,19). The lowest BCUT2D eigenvalue weighted by Crippen LogP contribution is -2.44. The Balaban J connectivity index is 2.40. The molecule has 0 aromatic heterocycles. The number of nitrogens with one attached hydrogen (secondary N) is 3. The molecule has 0 aliphatic carbocycles. The number of likely N-dealkylation sites (tertiary alicyclic amines) is 1. The Morgan fingerprint density at radius 1 is 1.23 bits per heavy atom. The third-order valence-corrected chi connectivity index (χ3v) is 3.64. The Kier molecular flexibility index (Phi) is 7.65. The average molecular weight is 311 g/mol. The van der Waals surface area contributed by atoms with Crippen LogP contribution in [0.25, 0.3) is 0 Å². The molecule has 1 heterocycles. The minimum Gasteiger partial charge on any atom is -0.357 e. The number of guanidine groups is 1. The summed E-state index contributed by atoms with van der Waals surface area (Å²) < 4.78 is 0. The van der Waals surface area contributed by atoms with Crippen LogP contribution in [0, 0.1) is 5.92 Å². The summed E-state index contributed by atoms with van der Waals surface area (Å²) in [5, 5.41) is 9.48. The van der Waals surface area contributed by atoms with E-state index in [1.165, 1.54) is 12.8 Å². The van der Waals surface area contributed by atoms with Gasteiger partial charge in [0.15, 0.2) is 5.96 Å². The van der Waals surface area contributed by atoms with E-state index in [0.717, 1.165) is 32.1 Å². The van der Waals surface area contributed by atoms with Gasteiger partial charge in [0.1, 0.15) is 6.54 Å². The normalized spacial score (nSPS) is 18.1. The average Bonchev–Trinajstić information content (AvgIpc) is 2.42. The van der Waals surface area contributed by atoms with Crippen LogP contribution in [-0.4, -0.2) is 62.1 Å². The third-order valence-electron chi connectivity index (χ3n) is 3.64. The van der Waals surface area contributed by atoms with Gasteiger partial charge in [-0.3, -0.25) is 4.79 Å². The maximum absolute atomic E-state index is 11.8. The van der Waals surface area contributed by atoms with Gasteiger partial charge in [-0.05, 0) is 66.6 Å². The van der Waals surface area contributed by atoms with Crippen molar-refractivity contribution >= 4 is 11.9 Å². The number of aliphatic imine (C=N–C) groups is 1. The van der Waals surface area contributed by atoms with Gasteiger partial charge in [-0.2, -0.15) is 0 Å². The van der Waals surface area contributed by atoms with Crippen molar-refractivity contribution in [3.05, 3.63) is 0 Å². The molecular formula is C16H33N5O. The van der Waals surface area contributed by atoms with Crippen molar-refractivity contribution in [2.24, 2.45) is 10.9 Å². The van der Waals surface area contributed by atoms with Gasteiger partial charge in [0, 0.05) is 18.6 Å². The number of hydrogen-bond donors (Lipinski definition) is 3. The molecule has 0 aromatic carbocycles. The molecule has 1 amide bonds. The molecule has 0 aromatic rings. The molecule has 22 heavy (non-hydrogen) atoms. The fourth-order valence-corrected chi connectivity index (χ4v) is 2.46. The van der Waals surface area contributed by atoms with Gasteiger partial charge in [0.25, 0.3) is 0 Å². The number of nitrogens with zero attached hydrogens (tertiary/aromatic N) is 2. The lowest BCUT2D eigenvalue weighted by Gasteiger charge is -2.29. The largest absolute Gasteiger partial charge is 0.357 e. The van der Waals surface area contributed by atoms with E-state index < -0.39 is 0 Å². The predicted molar refractivity (Wildman–Crippen MR) is 92.1 cm³/mol. The molecule has 1 aliphatic rings. The van der Waals surface area contributed by atoms with Gasteiger partial charge in [-0.1, -0.05) is 0 Å². The molecule has 0 atom stereocenters. The minimum absolute atomic E-state index is 0.0519. The van der Waals surface area contributed by atoms with Gasteiger partial charge in [0.05, 0.1) is 0 Å². The fourth-order valence-electron chi connectivity index (χ4n) is 2.46. The van der Waals surface area contributed by atoms with Crippen molar-refractivity contribution in [1.82, 2.24) is 20.9 Å². The van der Waals surface area contributed by atoms with E-state index in [1.807, 2.05) is 27.7 Å². The van der Waals surface area contributed by atoms with E-state index >= 15 is 0 Å². The second-order valence-electron chi connectivity index (χ2n) is 7.12. The highest BCUT2D eigenvalue weighted by Gasteiger charge is 2.17.